The van der Waals surface area contributed by atoms with Gasteiger partial charge in [-0.25, -0.2) is 4.98 Å². The van der Waals surface area contributed by atoms with Crippen LogP contribution in [0.15, 0.2) is 18.5 Å². The summed E-state index contributed by atoms with van der Waals surface area (Å²) in [6.07, 6.45) is 8.10. The van der Waals surface area contributed by atoms with Gasteiger partial charge in [-0.1, -0.05) is 19.1 Å². The van der Waals surface area contributed by atoms with Crippen molar-refractivity contribution in [1.29, 1.82) is 0 Å². The lowest BCUT2D eigenvalue weighted by molar-refractivity contribution is 0.261. The summed E-state index contributed by atoms with van der Waals surface area (Å²) in [7, 11) is 0. The molecule has 0 radical (unpaired) electrons. The third-order valence-electron chi connectivity index (χ3n) is 3.80. The predicted molar refractivity (Wildman–Crippen MR) is 86.5 cm³/mol. The fourth-order valence-corrected chi connectivity index (χ4v) is 2.26. The number of nitrogens with zero attached hydrogens (tertiary/aromatic N) is 4. The Labute approximate surface area is 129 Å². The van der Waals surface area contributed by atoms with Crippen molar-refractivity contribution < 1.29 is 5.11 Å². The lowest BCUT2D eigenvalue weighted by atomic mass is 10.1. The molecule has 0 saturated heterocycles. The lowest BCUT2D eigenvalue weighted by Crippen LogP contribution is -2.09. The first-order valence-electron chi connectivity index (χ1n) is 7.64. The van der Waals surface area contributed by atoms with Gasteiger partial charge in [-0.05, 0) is 25.7 Å². The van der Waals surface area contributed by atoms with E-state index in [9.17, 15) is 0 Å². The SMILES string of the molecule is C[C@H](/C=C\[C@H](C)CO)n1cnc2c(NC3CC3)nc(N)nc21. The van der Waals surface area contributed by atoms with Crippen molar-refractivity contribution in [3.8, 4) is 0 Å². The molecule has 1 aliphatic rings. The summed E-state index contributed by atoms with van der Waals surface area (Å²) in [6.45, 7) is 4.15. The van der Waals surface area contributed by atoms with Crippen LogP contribution in [-0.4, -0.2) is 37.3 Å². The maximum Gasteiger partial charge on any atom is 0.224 e. The smallest absolute Gasteiger partial charge is 0.224 e. The molecule has 2 atom stereocenters. The summed E-state index contributed by atoms with van der Waals surface area (Å²) in [5, 5.41) is 12.5. The minimum atomic E-state index is 0.0714. The molecule has 0 amide bonds. The molecule has 1 fully saturated rings. The number of nitrogens with two attached hydrogens (primary N) is 1. The highest BCUT2D eigenvalue weighted by molar-refractivity contribution is 5.84. The highest BCUT2D eigenvalue weighted by Crippen LogP contribution is 2.28. The quantitative estimate of drug-likeness (QED) is 0.702. The first kappa shape index (κ1) is 14.8. The van der Waals surface area contributed by atoms with E-state index in [1.54, 1.807) is 6.33 Å². The van der Waals surface area contributed by atoms with Gasteiger partial charge in [0.15, 0.2) is 17.0 Å². The molecular formula is C15H22N6O. The fraction of sp³-hybridized carbons (Fsp3) is 0.533. The molecule has 1 saturated carbocycles. The Balaban J connectivity index is 1.93. The van der Waals surface area contributed by atoms with E-state index in [0.717, 1.165) is 24.0 Å². The van der Waals surface area contributed by atoms with Crippen LogP contribution in [0.3, 0.4) is 0 Å². The molecule has 4 N–H and O–H groups in total. The van der Waals surface area contributed by atoms with Gasteiger partial charge in [0.05, 0.1) is 12.4 Å². The van der Waals surface area contributed by atoms with Crippen molar-refractivity contribution in [2.75, 3.05) is 17.7 Å². The molecule has 2 aromatic heterocycles. The largest absolute Gasteiger partial charge is 0.396 e. The van der Waals surface area contributed by atoms with E-state index in [2.05, 4.69) is 20.3 Å². The normalized spacial score (nSPS) is 18.0. The number of hydrogen-bond donors (Lipinski definition) is 3. The molecular weight excluding hydrogens is 280 g/mol. The summed E-state index contributed by atoms with van der Waals surface area (Å²) >= 11 is 0. The van der Waals surface area contributed by atoms with E-state index in [1.165, 1.54) is 0 Å². The summed E-state index contributed by atoms with van der Waals surface area (Å²) in [5.74, 6) is 1.09. The third-order valence-corrected chi connectivity index (χ3v) is 3.80. The summed E-state index contributed by atoms with van der Waals surface area (Å²) < 4.78 is 1.96. The van der Waals surface area contributed by atoms with Crippen LogP contribution in [0.1, 0.15) is 32.7 Å². The average Bonchev–Trinajstić information content (AvgIpc) is 3.21. The second kappa shape index (κ2) is 5.92. The highest BCUT2D eigenvalue weighted by Gasteiger charge is 2.24. The zero-order valence-corrected chi connectivity index (χ0v) is 12.9. The molecule has 0 aliphatic heterocycles. The number of hydrogen-bond acceptors (Lipinski definition) is 6. The molecule has 2 heterocycles. The Bertz CT molecular complexity index is 691. The van der Waals surface area contributed by atoms with Crippen molar-refractivity contribution in [2.24, 2.45) is 5.92 Å². The van der Waals surface area contributed by atoms with Gasteiger partial charge in [-0.15, -0.1) is 0 Å². The minimum absolute atomic E-state index is 0.0714. The van der Waals surface area contributed by atoms with E-state index in [4.69, 9.17) is 10.8 Å². The minimum Gasteiger partial charge on any atom is -0.396 e. The van der Waals surface area contributed by atoms with Crippen LogP contribution in [0.5, 0.6) is 0 Å². The predicted octanol–water partition coefficient (Wildman–Crippen LogP) is 1.73. The Morgan fingerprint density at radius 2 is 2.18 bits per heavy atom. The highest BCUT2D eigenvalue weighted by atomic mass is 16.3. The van der Waals surface area contributed by atoms with E-state index in [0.29, 0.717) is 11.9 Å². The maximum atomic E-state index is 9.10. The molecule has 0 bridgehead atoms. The second-order valence-corrected chi connectivity index (χ2v) is 5.96. The molecule has 7 heteroatoms. The summed E-state index contributed by atoms with van der Waals surface area (Å²) in [5.41, 5.74) is 7.31. The van der Waals surface area contributed by atoms with Crippen LogP contribution in [0.2, 0.25) is 0 Å². The number of aliphatic hydroxyl groups excluding tert-OH is 1. The van der Waals surface area contributed by atoms with Crippen molar-refractivity contribution in [3.63, 3.8) is 0 Å². The molecule has 0 aromatic carbocycles. The van der Waals surface area contributed by atoms with Gasteiger partial charge in [-0.2, -0.15) is 9.97 Å². The number of imidazole rings is 1. The van der Waals surface area contributed by atoms with Crippen molar-refractivity contribution in [3.05, 3.63) is 18.5 Å². The van der Waals surface area contributed by atoms with Gasteiger partial charge in [0.2, 0.25) is 5.95 Å². The first-order chi connectivity index (χ1) is 10.6. The Kier molecular flexibility index (Phi) is 3.98. The summed E-state index contributed by atoms with van der Waals surface area (Å²) in [4.78, 5) is 13.1. The van der Waals surface area contributed by atoms with Gasteiger partial charge in [0.1, 0.15) is 0 Å². The van der Waals surface area contributed by atoms with Crippen LogP contribution >= 0.6 is 0 Å². The van der Waals surface area contributed by atoms with Crippen LogP contribution < -0.4 is 11.1 Å². The lowest BCUT2D eigenvalue weighted by Gasteiger charge is -2.11. The van der Waals surface area contributed by atoms with Gasteiger partial charge in [0, 0.05) is 12.6 Å². The van der Waals surface area contributed by atoms with Crippen LogP contribution in [0.4, 0.5) is 11.8 Å². The molecule has 118 valence electrons. The fourth-order valence-electron chi connectivity index (χ4n) is 2.26. The number of rotatable bonds is 6. The van der Waals surface area contributed by atoms with Gasteiger partial charge in [0.25, 0.3) is 0 Å². The van der Waals surface area contributed by atoms with Crippen LogP contribution in [-0.2, 0) is 0 Å². The number of allylic oxidation sites excluding steroid dienone is 1. The van der Waals surface area contributed by atoms with Crippen molar-refractivity contribution in [1.82, 2.24) is 19.5 Å². The van der Waals surface area contributed by atoms with E-state index < -0.39 is 0 Å². The van der Waals surface area contributed by atoms with Gasteiger partial charge < -0.3 is 20.7 Å². The van der Waals surface area contributed by atoms with Crippen LogP contribution in [0, 0.1) is 5.92 Å². The van der Waals surface area contributed by atoms with Crippen molar-refractivity contribution in [2.45, 2.75) is 38.8 Å². The van der Waals surface area contributed by atoms with Gasteiger partial charge in [-0.3, -0.25) is 0 Å². The zero-order valence-electron chi connectivity index (χ0n) is 12.9. The monoisotopic (exact) mass is 302 g/mol. The van der Waals surface area contributed by atoms with E-state index in [-0.39, 0.29) is 24.5 Å². The molecule has 1 aliphatic carbocycles. The zero-order chi connectivity index (χ0) is 15.7. The Morgan fingerprint density at radius 3 is 2.86 bits per heavy atom. The number of nitrogens with one attached hydrogen (secondary N) is 1. The van der Waals surface area contributed by atoms with E-state index in [1.807, 2.05) is 30.6 Å². The second-order valence-electron chi connectivity index (χ2n) is 5.96. The standard InChI is InChI=1S/C15H22N6O/c1-9(7-22)3-4-10(2)21-8-17-12-13(18-11-5-6-11)19-15(16)20-14(12)21/h3-4,8-11,22H,5-7H2,1-2H3,(H3,16,18,19,20)/b4-3-/t9-,10+/m0/s1. The number of aromatic nitrogens is 4. The molecule has 3 rings (SSSR count). The average molecular weight is 302 g/mol. The molecule has 7 nitrogen and oxygen atoms in total. The van der Waals surface area contributed by atoms with Crippen molar-refractivity contribution >= 4 is 22.9 Å². The summed E-state index contributed by atoms with van der Waals surface area (Å²) in [6, 6.07) is 0.549. The third kappa shape index (κ3) is 3.04. The maximum absolute atomic E-state index is 9.10. The number of nitrogen functional groups attached to an aromatic ring is 1. The number of aliphatic hydroxyl groups is 1. The molecule has 0 unspecified atom stereocenters. The molecule has 2 aromatic rings. The van der Waals surface area contributed by atoms with Gasteiger partial charge >= 0.3 is 0 Å². The van der Waals surface area contributed by atoms with Crippen LogP contribution in [0.25, 0.3) is 11.2 Å². The first-order valence-corrected chi connectivity index (χ1v) is 7.64. The number of fused-ring (bicyclic) bond motifs is 1. The Hall–Kier alpha value is -2.15. The topological polar surface area (TPSA) is 102 Å². The number of anilines is 2. The van der Waals surface area contributed by atoms with E-state index >= 15 is 0 Å². The molecule has 0 spiro atoms. The molecule has 22 heavy (non-hydrogen) atoms. The Morgan fingerprint density at radius 1 is 1.41 bits per heavy atom.